The molecular weight excluding hydrogens is 858 g/mol. The number of fused-ring (bicyclic) bond motifs is 3. The first-order valence-electron chi connectivity index (χ1n) is 19.7. The summed E-state index contributed by atoms with van der Waals surface area (Å²) in [5, 5.41) is 26.2. The number of nitrogens with one attached hydrogen (secondary N) is 2. The van der Waals surface area contributed by atoms with Crippen LogP contribution in [0.3, 0.4) is 0 Å². The molecule has 21 nitrogen and oxygen atoms in total. The molecule has 1 heterocycles. The molecular formula is C44H41N3O18. The second kappa shape index (κ2) is 20.9. The van der Waals surface area contributed by atoms with E-state index < -0.39 is 84.3 Å². The number of non-ortho nitro benzene ring substituents is 1. The summed E-state index contributed by atoms with van der Waals surface area (Å²) in [6.45, 7) is 2.32. The number of carbonyl (C=O) groups is 7. The van der Waals surface area contributed by atoms with E-state index in [-0.39, 0.29) is 53.9 Å². The van der Waals surface area contributed by atoms with Crippen LogP contribution in [-0.4, -0.2) is 95.9 Å². The lowest BCUT2D eigenvalue weighted by molar-refractivity contribution is -0.384. The van der Waals surface area contributed by atoms with Gasteiger partial charge in [-0.15, -0.1) is 0 Å². The summed E-state index contributed by atoms with van der Waals surface area (Å²) in [6, 6.07) is 24.1. The maximum Gasteiger partial charge on any atom is 0.514 e. The number of ether oxygens (including phenoxy) is 8. The molecule has 4 aromatic carbocycles. The molecule has 1 aliphatic heterocycles. The van der Waals surface area contributed by atoms with E-state index in [1.807, 2.05) is 48.5 Å². The minimum absolute atomic E-state index is 0.0310. The highest BCUT2D eigenvalue weighted by molar-refractivity contribution is 5.92. The predicted molar refractivity (Wildman–Crippen MR) is 220 cm³/mol. The Morgan fingerprint density at radius 3 is 1.95 bits per heavy atom. The Balaban J connectivity index is 1.17. The van der Waals surface area contributed by atoms with Gasteiger partial charge in [0, 0.05) is 51.8 Å². The molecule has 0 spiro atoms. The van der Waals surface area contributed by atoms with E-state index in [0.29, 0.717) is 0 Å². The van der Waals surface area contributed by atoms with Gasteiger partial charge in [-0.3, -0.25) is 29.3 Å². The third-order valence-electron chi connectivity index (χ3n) is 9.78. The number of carbonyl (C=O) groups excluding carboxylic acids is 6. The third-order valence-corrected chi connectivity index (χ3v) is 9.78. The van der Waals surface area contributed by atoms with E-state index in [1.165, 1.54) is 30.3 Å². The maximum absolute atomic E-state index is 13.4. The number of alkyl carbamates (subject to hydrolysis) is 1. The van der Waals surface area contributed by atoms with E-state index in [9.17, 15) is 48.8 Å². The lowest BCUT2D eigenvalue weighted by Crippen LogP contribution is -2.64. The van der Waals surface area contributed by atoms with Crippen LogP contribution < -0.4 is 20.1 Å². The number of carboxylic acid groups (broad SMARTS) is 1. The van der Waals surface area contributed by atoms with Crippen molar-refractivity contribution in [2.75, 3.05) is 18.5 Å². The lowest BCUT2D eigenvalue weighted by atomic mass is 9.97. The number of nitro groups is 1. The van der Waals surface area contributed by atoms with Gasteiger partial charge in [-0.05, 0) is 52.1 Å². The van der Waals surface area contributed by atoms with Gasteiger partial charge in [0.2, 0.25) is 18.3 Å². The Kier molecular flexibility index (Phi) is 14.9. The fourth-order valence-electron chi connectivity index (χ4n) is 7.10. The van der Waals surface area contributed by atoms with Crippen molar-refractivity contribution in [2.24, 2.45) is 0 Å². The molecule has 4 aromatic rings. The van der Waals surface area contributed by atoms with Crippen molar-refractivity contribution >= 4 is 53.4 Å². The minimum Gasteiger partial charge on any atom is -0.479 e. The normalized spacial score (nSPS) is 18.4. The predicted octanol–water partition coefficient (Wildman–Crippen LogP) is 5.16. The van der Waals surface area contributed by atoms with Crippen molar-refractivity contribution in [2.45, 2.75) is 70.4 Å². The fourth-order valence-corrected chi connectivity index (χ4v) is 7.10. The van der Waals surface area contributed by atoms with E-state index in [2.05, 4.69) is 10.6 Å². The van der Waals surface area contributed by atoms with E-state index >= 15 is 0 Å². The summed E-state index contributed by atoms with van der Waals surface area (Å²) in [4.78, 5) is 98.0. The Morgan fingerprint density at radius 2 is 1.35 bits per heavy atom. The van der Waals surface area contributed by atoms with Gasteiger partial charge in [-0.1, -0.05) is 54.6 Å². The van der Waals surface area contributed by atoms with Crippen LogP contribution in [0.4, 0.5) is 21.0 Å². The Bertz CT molecular complexity index is 2430. The van der Waals surface area contributed by atoms with Gasteiger partial charge in [-0.2, -0.15) is 0 Å². The summed E-state index contributed by atoms with van der Waals surface area (Å²) in [7, 11) is 0. The molecule has 1 saturated heterocycles. The van der Waals surface area contributed by atoms with Crippen LogP contribution in [0.2, 0.25) is 0 Å². The zero-order chi connectivity index (χ0) is 46.8. The molecule has 6 rings (SSSR count). The monoisotopic (exact) mass is 899 g/mol. The molecule has 0 saturated carbocycles. The van der Waals surface area contributed by atoms with E-state index in [0.717, 1.165) is 55.2 Å². The average molecular weight is 900 g/mol. The van der Waals surface area contributed by atoms with Gasteiger partial charge in [0.1, 0.15) is 24.7 Å². The SMILES string of the molecule is CC(=O)O[C@@H]1[C@@H](OC(C)=O)[C@H](Oc2ccc(COC(=O)Oc3ccc([N+](=O)[O-])cc3)cc2NC(=O)CCNC(=O)OCC2c3ccccc3-c3ccccc32)O[C@H](C(=O)O)[C@H]1OC(C)=O. The van der Waals surface area contributed by atoms with Gasteiger partial charge in [-0.25, -0.2) is 14.4 Å². The second-order valence-corrected chi connectivity index (χ2v) is 14.4. The summed E-state index contributed by atoms with van der Waals surface area (Å²) >= 11 is 0. The highest BCUT2D eigenvalue weighted by atomic mass is 16.7. The molecule has 2 amide bonds. The second-order valence-electron chi connectivity index (χ2n) is 14.4. The zero-order valence-electron chi connectivity index (χ0n) is 34.8. The Hall–Kier alpha value is -8.07. The molecule has 0 bridgehead atoms. The number of nitrogens with zero attached hydrogens (tertiary/aromatic N) is 1. The number of esters is 3. The van der Waals surface area contributed by atoms with Crippen molar-refractivity contribution in [3.8, 4) is 22.6 Å². The van der Waals surface area contributed by atoms with Crippen LogP contribution in [0, 0.1) is 10.1 Å². The van der Waals surface area contributed by atoms with Crippen molar-refractivity contribution in [1.82, 2.24) is 5.32 Å². The molecule has 21 heteroatoms. The molecule has 3 N–H and O–H groups in total. The highest BCUT2D eigenvalue weighted by Gasteiger charge is 2.55. The summed E-state index contributed by atoms with van der Waals surface area (Å²) in [6.07, 6.45) is -11.5. The first-order valence-corrected chi connectivity index (χ1v) is 19.7. The van der Waals surface area contributed by atoms with Gasteiger partial charge < -0.3 is 53.6 Å². The summed E-state index contributed by atoms with van der Waals surface area (Å²) in [5.74, 6) is -5.76. The van der Waals surface area contributed by atoms with Crippen LogP contribution in [0.5, 0.6) is 11.5 Å². The number of aliphatic carboxylic acids is 1. The fraction of sp³-hybridized carbons (Fsp3) is 0.295. The average Bonchev–Trinajstić information content (AvgIpc) is 3.57. The third kappa shape index (κ3) is 11.9. The van der Waals surface area contributed by atoms with E-state index in [1.54, 1.807) is 0 Å². The number of amides is 2. The van der Waals surface area contributed by atoms with E-state index in [4.69, 9.17) is 37.9 Å². The molecule has 2 aliphatic rings. The quantitative estimate of drug-likeness (QED) is 0.0430. The molecule has 1 fully saturated rings. The Morgan fingerprint density at radius 1 is 0.754 bits per heavy atom. The van der Waals surface area contributed by atoms with Gasteiger partial charge in [0.05, 0.1) is 10.6 Å². The zero-order valence-corrected chi connectivity index (χ0v) is 34.8. The molecule has 0 unspecified atom stereocenters. The van der Waals surface area contributed by atoms with Crippen molar-refractivity contribution in [3.05, 3.63) is 118 Å². The van der Waals surface area contributed by atoms with Crippen LogP contribution >= 0.6 is 0 Å². The van der Waals surface area contributed by atoms with Crippen molar-refractivity contribution < 1.29 is 81.5 Å². The van der Waals surface area contributed by atoms with Crippen LogP contribution in [0.1, 0.15) is 49.8 Å². The molecule has 0 aromatic heterocycles. The summed E-state index contributed by atoms with van der Waals surface area (Å²) in [5.41, 5.74) is 3.96. The molecule has 65 heavy (non-hydrogen) atoms. The van der Waals surface area contributed by atoms with Crippen LogP contribution in [0.15, 0.2) is 91.0 Å². The number of nitro benzene ring substituents is 1. The smallest absolute Gasteiger partial charge is 0.479 e. The first kappa shape index (κ1) is 46.4. The number of benzene rings is 4. The Labute approximate surface area is 368 Å². The standard InChI is InChI=1S/C44H41N3O18/c1-23(48)60-37-38(61-24(2)49)40(62-25(3)50)42(65-39(37)41(52)53)64-35-17-12-26(21-59-44(55)63-28-15-13-27(14-16-28)47(56)57)20-34(35)46-36(51)18-19-45-43(54)58-22-33-31-10-6-4-8-29(31)30-9-5-7-11-32(30)33/h4-17,20,33,37-40,42H,18-19,21-22H2,1-3H3,(H,45,54)(H,46,51)(H,52,53)/t37-,38-,39-,40+,42+/m0/s1. The molecule has 5 atom stereocenters. The van der Waals surface area contributed by atoms with Gasteiger partial charge >= 0.3 is 36.1 Å². The van der Waals surface area contributed by atoms with Gasteiger partial charge in [0.15, 0.2) is 18.3 Å². The van der Waals surface area contributed by atoms with Gasteiger partial charge in [0.25, 0.3) is 5.69 Å². The molecule has 340 valence electrons. The maximum atomic E-state index is 13.4. The number of hydrogen-bond donors (Lipinski definition) is 3. The largest absolute Gasteiger partial charge is 0.514 e. The number of anilines is 1. The first-order chi connectivity index (χ1) is 31.1. The number of hydrogen-bond acceptors (Lipinski definition) is 17. The number of carboxylic acids is 1. The van der Waals surface area contributed by atoms with Crippen LogP contribution in [-0.2, 0) is 59.0 Å². The number of rotatable bonds is 16. The van der Waals surface area contributed by atoms with Crippen molar-refractivity contribution in [3.63, 3.8) is 0 Å². The molecule has 1 aliphatic carbocycles. The highest BCUT2D eigenvalue weighted by Crippen LogP contribution is 2.44. The molecule has 0 radical (unpaired) electrons. The van der Waals surface area contributed by atoms with Crippen LogP contribution in [0.25, 0.3) is 11.1 Å². The summed E-state index contributed by atoms with van der Waals surface area (Å²) < 4.78 is 43.4. The lowest BCUT2D eigenvalue weighted by Gasteiger charge is -2.42. The minimum atomic E-state index is -2.03. The topological polar surface area (TPSA) is 281 Å². The van der Waals surface area contributed by atoms with Crippen molar-refractivity contribution in [1.29, 1.82) is 0 Å².